The molecule has 68 valence electrons. The number of hydrogen-bond donors (Lipinski definition) is 0. The first-order chi connectivity index (χ1) is 5.12. The second-order valence-corrected chi connectivity index (χ2v) is 5.47. The Kier molecular flexibility index (Phi) is 6.12. The molecule has 0 atom stereocenters. The molecule has 0 saturated carbocycles. The molecule has 0 bridgehead atoms. The lowest BCUT2D eigenvalue weighted by molar-refractivity contribution is 0.680. The van der Waals surface area contributed by atoms with Gasteiger partial charge in [-0.15, -0.1) is 0 Å². The second-order valence-electron chi connectivity index (χ2n) is 3.67. The van der Waals surface area contributed by atoms with Crippen LogP contribution in [-0.4, -0.2) is 10.5 Å². The van der Waals surface area contributed by atoms with Crippen LogP contribution in [0.25, 0.3) is 0 Å². The van der Waals surface area contributed by atoms with E-state index in [0.717, 1.165) is 0 Å². The molecule has 0 aliphatic rings. The Morgan fingerprint density at radius 2 is 1.73 bits per heavy atom. The molecule has 0 N–H and O–H groups in total. The van der Waals surface area contributed by atoms with E-state index in [4.69, 9.17) is 0 Å². The quantitative estimate of drug-likeness (QED) is 0.546. The molecule has 0 nitrogen and oxygen atoms in total. The zero-order valence-corrected chi connectivity index (χ0v) is 9.26. The van der Waals surface area contributed by atoms with Crippen molar-refractivity contribution in [1.29, 1.82) is 0 Å². The summed E-state index contributed by atoms with van der Waals surface area (Å²) in [5.74, 6) is 1.34. The number of rotatable bonds is 6. The van der Waals surface area contributed by atoms with E-state index in [-0.39, 0.29) is 0 Å². The summed E-state index contributed by atoms with van der Waals surface area (Å²) in [7, 11) is 0. The molecule has 0 aromatic heterocycles. The third kappa shape index (κ3) is 6.74. The highest BCUT2D eigenvalue weighted by Crippen LogP contribution is 2.28. The summed E-state index contributed by atoms with van der Waals surface area (Å²) >= 11 is 2.12. The standard InChI is InChI=1S/C10H22S/c1-5-7-8-9-11-10(3,4)6-2/h5-9H2,1-4H3. The molecule has 0 aliphatic heterocycles. The fraction of sp³-hybridized carbons (Fsp3) is 1.00. The van der Waals surface area contributed by atoms with Crippen molar-refractivity contribution in [3.8, 4) is 0 Å². The van der Waals surface area contributed by atoms with Crippen LogP contribution in [0.15, 0.2) is 0 Å². The highest BCUT2D eigenvalue weighted by molar-refractivity contribution is 8.00. The minimum absolute atomic E-state index is 0.508. The predicted octanol–water partition coefficient (Wildman–Crippen LogP) is 4.10. The molecular weight excluding hydrogens is 152 g/mol. The molecule has 0 rings (SSSR count). The van der Waals surface area contributed by atoms with Crippen LogP contribution in [0.1, 0.15) is 53.4 Å². The van der Waals surface area contributed by atoms with Gasteiger partial charge in [0.1, 0.15) is 0 Å². The monoisotopic (exact) mass is 174 g/mol. The van der Waals surface area contributed by atoms with Crippen molar-refractivity contribution in [3.63, 3.8) is 0 Å². The largest absolute Gasteiger partial charge is 0.156 e. The third-order valence-electron chi connectivity index (χ3n) is 2.09. The molecule has 0 fully saturated rings. The van der Waals surface area contributed by atoms with Gasteiger partial charge in [0.2, 0.25) is 0 Å². The molecule has 0 amide bonds. The van der Waals surface area contributed by atoms with E-state index >= 15 is 0 Å². The first-order valence-electron chi connectivity index (χ1n) is 4.76. The smallest absolute Gasteiger partial charge is 0.0101 e. The van der Waals surface area contributed by atoms with E-state index in [1.54, 1.807) is 0 Å². The third-order valence-corrected chi connectivity index (χ3v) is 3.66. The molecule has 0 radical (unpaired) electrons. The molecule has 0 saturated heterocycles. The van der Waals surface area contributed by atoms with E-state index in [1.165, 1.54) is 31.4 Å². The molecular formula is C10H22S. The Morgan fingerprint density at radius 3 is 2.18 bits per heavy atom. The fourth-order valence-electron chi connectivity index (χ4n) is 0.803. The van der Waals surface area contributed by atoms with Gasteiger partial charge in [-0.3, -0.25) is 0 Å². The van der Waals surface area contributed by atoms with Crippen LogP contribution >= 0.6 is 11.8 Å². The zero-order valence-electron chi connectivity index (χ0n) is 8.44. The van der Waals surface area contributed by atoms with Gasteiger partial charge in [0.15, 0.2) is 0 Å². The number of hydrogen-bond acceptors (Lipinski definition) is 1. The maximum atomic E-state index is 2.34. The Hall–Kier alpha value is 0.350. The van der Waals surface area contributed by atoms with Crippen molar-refractivity contribution in [2.45, 2.75) is 58.1 Å². The van der Waals surface area contributed by atoms with Crippen LogP contribution in [0.3, 0.4) is 0 Å². The van der Waals surface area contributed by atoms with Crippen molar-refractivity contribution in [2.75, 3.05) is 5.75 Å². The molecule has 0 spiro atoms. The van der Waals surface area contributed by atoms with Crippen molar-refractivity contribution >= 4 is 11.8 Å². The van der Waals surface area contributed by atoms with Gasteiger partial charge in [-0.25, -0.2) is 0 Å². The van der Waals surface area contributed by atoms with E-state index in [0.29, 0.717) is 4.75 Å². The molecule has 11 heavy (non-hydrogen) atoms. The predicted molar refractivity (Wildman–Crippen MR) is 56.4 cm³/mol. The summed E-state index contributed by atoms with van der Waals surface area (Å²) in [6, 6.07) is 0. The summed E-state index contributed by atoms with van der Waals surface area (Å²) in [5.41, 5.74) is 0. The average Bonchev–Trinajstić information content (AvgIpc) is 1.99. The maximum Gasteiger partial charge on any atom is 0.0101 e. The summed E-state index contributed by atoms with van der Waals surface area (Å²) in [4.78, 5) is 0. The molecule has 1 heteroatoms. The van der Waals surface area contributed by atoms with Gasteiger partial charge < -0.3 is 0 Å². The number of thioether (sulfide) groups is 1. The number of unbranched alkanes of at least 4 members (excludes halogenated alkanes) is 2. The van der Waals surface area contributed by atoms with Crippen molar-refractivity contribution in [1.82, 2.24) is 0 Å². The minimum Gasteiger partial charge on any atom is -0.156 e. The molecule has 0 aromatic rings. The lowest BCUT2D eigenvalue weighted by Gasteiger charge is -2.21. The summed E-state index contributed by atoms with van der Waals surface area (Å²) in [6.07, 6.45) is 5.41. The van der Waals surface area contributed by atoms with Crippen molar-refractivity contribution in [2.24, 2.45) is 0 Å². The topological polar surface area (TPSA) is 0 Å². The Morgan fingerprint density at radius 1 is 1.09 bits per heavy atom. The van der Waals surface area contributed by atoms with Gasteiger partial charge in [0, 0.05) is 4.75 Å². The van der Waals surface area contributed by atoms with Gasteiger partial charge in [-0.2, -0.15) is 11.8 Å². The van der Waals surface area contributed by atoms with E-state index in [1.807, 2.05) is 0 Å². The first-order valence-corrected chi connectivity index (χ1v) is 5.75. The Balaban J connectivity index is 3.23. The Bertz CT molecular complexity index is 86.9. The van der Waals surface area contributed by atoms with E-state index in [9.17, 15) is 0 Å². The van der Waals surface area contributed by atoms with Crippen LogP contribution in [0.5, 0.6) is 0 Å². The van der Waals surface area contributed by atoms with Gasteiger partial charge in [0.25, 0.3) is 0 Å². The lowest BCUT2D eigenvalue weighted by atomic mass is 10.1. The normalized spacial score (nSPS) is 12.0. The fourth-order valence-corrected chi connectivity index (χ4v) is 1.91. The van der Waals surface area contributed by atoms with Gasteiger partial charge >= 0.3 is 0 Å². The summed E-state index contributed by atoms with van der Waals surface area (Å²) in [5, 5.41) is 0. The van der Waals surface area contributed by atoms with Crippen LogP contribution in [0.4, 0.5) is 0 Å². The minimum atomic E-state index is 0.508. The van der Waals surface area contributed by atoms with Gasteiger partial charge in [-0.05, 0) is 18.6 Å². The van der Waals surface area contributed by atoms with Gasteiger partial charge in [-0.1, -0.05) is 40.5 Å². The maximum absolute atomic E-state index is 2.34. The van der Waals surface area contributed by atoms with Crippen LogP contribution in [0, 0.1) is 0 Å². The molecule has 0 unspecified atom stereocenters. The molecule has 0 aliphatic carbocycles. The van der Waals surface area contributed by atoms with Crippen molar-refractivity contribution in [3.05, 3.63) is 0 Å². The highest BCUT2D eigenvalue weighted by atomic mass is 32.2. The second kappa shape index (κ2) is 5.93. The SMILES string of the molecule is CCCCCSC(C)(C)CC. The van der Waals surface area contributed by atoms with Crippen LogP contribution in [0.2, 0.25) is 0 Å². The van der Waals surface area contributed by atoms with Crippen LogP contribution in [-0.2, 0) is 0 Å². The van der Waals surface area contributed by atoms with Gasteiger partial charge in [0.05, 0.1) is 0 Å². The highest BCUT2D eigenvalue weighted by Gasteiger charge is 2.13. The van der Waals surface area contributed by atoms with Crippen molar-refractivity contribution < 1.29 is 0 Å². The lowest BCUT2D eigenvalue weighted by Crippen LogP contribution is -2.13. The average molecular weight is 174 g/mol. The molecule has 0 heterocycles. The summed E-state index contributed by atoms with van der Waals surface area (Å²) < 4.78 is 0.508. The Labute approximate surface area is 76.1 Å². The van der Waals surface area contributed by atoms with E-state index in [2.05, 4.69) is 39.5 Å². The summed E-state index contributed by atoms with van der Waals surface area (Å²) in [6.45, 7) is 9.20. The zero-order chi connectivity index (χ0) is 8.74. The first kappa shape index (κ1) is 11.4. The van der Waals surface area contributed by atoms with E-state index < -0.39 is 0 Å². The van der Waals surface area contributed by atoms with Crippen LogP contribution < -0.4 is 0 Å². The molecule has 0 aromatic carbocycles.